The summed E-state index contributed by atoms with van der Waals surface area (Å²) in [5.41, 5.74) is -0.846. The Balaban J connectivity index is 2.44. The second kappa shape index (κ2) is 6.12. The number of Topliss-reactive ketones (excluding diaryl/α,β-unsaturated/α-hetero) is 1. The minimum Gasteiger partial charge on any atom is -0.376 e. The second-order valence-electron chi connectivity index (χ2n) is 4.20. The summed E-state index contributed by atoms with van der Waals surface area (Å²) in [5, 5.41) is 9.95. The van der Waals surface area contributed by atoms with Crippen LogP contribution in [0, 0.1) is 23.7 Å². The van der Waals surface area contributed by atoms with Crippen molar-refractivity contribution in [3.8, 4) is 23.7 Å². The molecule has 0 aliphatic heterocycles. The van der Waals surface area contributed by atoms with Gasteiger partial charge in [-0.05, 0) is 31.2 Å². The van der Waals surface area contributed by atoms with E-state index in [4.69, 9.17) is 4.74 Å². The minimum atomic E-state index is -1.14. The van der Waals surface area contributed by atoms with Gasteiger partial charge in [0.25, 0.3) is 0 Å². The third-order valence-corrected chi connectivity index (χ3v) is 3.31. The Morgan fingerprint density at radius 3 is 3.11 bits per heavy atom. The van der Waals surface area contributed by atoms with E-state index in [1.807, 2.05) is 6.26 Å². The molecule has 1 N–H and O–H groups in total. The zero-order valence-corrected chi connectivity index (χ0v) is 11.4. The molecule has 2 aliphatic rings. The maximum Gasteiger partial charge on any atom is 0.206 e. The van der Waals surface area contributed by atoms with Crippen LogP contribution >= 0.6 is 11.8 Å². The van der Waals surface area contributed by atoms with Gasteiger partial charge in [0.2, 0.25) is 5.78 Å². The summed E-state index contributed by atoms with van der Waals surface area (Å²) in [6.07, 6.45) is 6.84. The van der Waals surface area contributed by atoms with Gasteiger partial charge in [-0.25, -0.2) is 0 Å². The zero-order valence-electron chi connectivity index (χ0n) is 10.6. The Labute approximate surface area is 117 Å². The number of ether oxygens (including phenoxy) is 1. The number of thioether (sulfide) groups is 1. The molecule has 3 nitrogen and oxygen atoms in total. The molecule has 0 amide bonds. The molecule has 0 saturated heterocycles. The van der Waals surface area contributed by atoms with E-state index in [1.165, 1.54) is 11.8 Å². The van der Waals surface area contributed by atoms with Crippen molar-refractivity contribution in [1.29, 1.82) is 0 Å². The van der Waals surface area contributed by atoms with Crippen molar-refractivity contribution in [3.63, 3.8) is 0 Å². The third kappa shape index (κ3) is 2.93. The van der Waals surface area contributed by atoms with Crippen molar-refractivity contribution in [2.24, 2.45) is 0 Å². The van der Waals surface area contributed by atoms with Crippen molar-refractivity contribution in [2.45, 2.75) is 24.5 Å². The molecule has 19 heavy (non-hydrogen) atoms. The molecule has 0 spiro atoms. The summed E-state index contributed by atoms with van der Waals surface area (Å²) in [5.74, 6) is 11.1. The first-order valence-electron chi connectivity index (χ1n) is 5.94. The molecule has 4 heteroatoms. The molecule has 0 aromatic rings. The van der Waals surface area contributed by atoms with Crippen molar-refractivity contribution in [3.05, 3.63) is 23.8 Å². The summed E-state index contributed by atoms with van der Waals surface area (Å²) in [4.78, 5) is 12.5. The summed E-state index contributed by atoms with van der Waals surface area (Å²) in [6.45, 7) is 0. The quantitative estimate of drug-likeness (QED) is 0.622. The van der Waals surface area contributed by atoms with Crippen LogP contribution in [0.25, 0.3) is 0 Å². The zero-order chi connectivity index (χ0) is 13.7. The Morgan fingerprint density at radius 2 is 2.32 bits per heavy atom. The van der Waals surface area contributed by atoms with Gasteiger partial charge < -0.3 is 9.84 Å². The van der Waals surface area contributed by atoms with E-state index in [1.54, 1.807) is 18.2 Å². The SMILES string of the molecule is CSCOC12C#C/C=C\C#CC(O)C(=CCC1)C2=O. The lowest BCUT2D eigenvalue weighted by Crippen LogP contribution is -2.45. The van der Waals surface area contributed by atoms with Gasteiger partial charge in [-0.3, -0.25) is 4.79 Å². The maximum absolute atomic E-state index is 12.5. The van der Waals surface area contributed by atoms with E-state index < -0.39 is 11.7 Å². The maximum atomic E-state index is 12.5. The predicted octanol–water partition coefficient (Wildman–Crippen LogP) is 1.29. The molecule has 98 valence electrons. The highest BCUT2D eigenvalue weighted by Crippen LogP contribution is 2.30. The number of aliphatic hydroxyl groups excluding tert-OH is 1. The van der Waals surface area contributed by atoms with Crippen LogP contribution in [-0.2, 0) is 9.53 Å². The fraction of sp³-hybridized carbons (Fsp3) is 0.400. The standard InChI is InChI=1S/C15H14O3S/c1-19-11-18-15-9-5-3-2-4-8-13(16)12(14(15)17)7-6-10-15/h2-3,7,13,16H,6,10-11H2,1H3/b3-2-. The van der Waals surface area contributed by atoms with Gasteiger partial charge in [-0.1, -0.05) is 29.8 Å². The molecule has 0 saturated carbocycles. The fourth-order valence-electron chi connectivity index (χ4n) is 2.01. The Bertz CT molecular complexity index is 553. The molecule has 2 aliphatic carbocycles. The number of allylic oxidation sites excluding steroid dienone is 3. The van der Waals surface area contributed by atoms with Crippen LogP contribution < -0.4 is 0 Å². The molecule has 0 heterocycles. The smallest absolute Gasteiger partial charge is 0.206 e. The lowest BCUT2D eigenvalue weighted by atomic mass is 9.81. The molecule has 2 atom stereocenters. The molecule has 0 aromatic heterocycles. The number of ketones is 1. The number of fused-ring (bicyclic) bond motifs is 2. The van der Waals surface area contributed by atoms with Crippen LogP contribution in [0.15, 0.2) is 23.8 Å². The fourth-order valence-corrected chi connectivity index (χ4v) is 2.32. The number of aliphatic hydroxyl groups is 1. The van der Waals surface area contributed by atoms with E-state index >= 15 is 0 Å². The molecule has 0 radical (unpaired) electrons. The highest BCUT2D eigenvalue weighted by molar-refractivity contribution is 7.98. The van der Waals surface area contributed by atoms with Gasteiger partial charge in [0.05, 0.1) is 5.94 Å². The largest absolute Gasteiger partial charge is 0.376 e. The molecule has 2 bridgehead atoms. The monoisotopic (exact) mass is 274 g/mol. The van der Waals surface area contributed by atoms with Gasteiger partial charge in [-0.2, -0.15) is 0 Å². The first kappa shape index (κ1) is 14.0. The Morgan fingerprint density at radius 1 is 1.53 bits per heavy atom. The van der Waals surface area contributed by atoms with E-state index in [9.17, 15) is 9.90 Å². The van der Waals surface area contributed by atoms with Crippen molar-refractivity contribution in [2.75, 3.05) is 12.2 Å². The van der Waals surface area contributed by atoms with Crippen LogP contribution in [0.3, 0.4) is 0 Å². The van der Waals surface area contributed by atoms with E-state index in [-0.39, 0.29) is 5.78 Å². The molecule has 0 fully saturated rings. The van der Waals surface area contributed by atoms with E-state index in [0.717, 1.165) is 0 Å². The second-order valence-corrected chi connectivity index (χ2v) is 5.01. The first-order chi connectivity index (χ1) is 9.19. The van der Waals surface area contributed by atoms with Crippen LogP contribution in [-0.4, -0.2) is 34.8 Å². The van der Waals surface area contributed by atoms with Gasteiger partial charge in [0, 0.05) is 5.57 Å². The van der Waals surface area contributed by atoms with Crippen LogP contribution in [0.2, 0.25) is 0 Å². The number of hydrogen-bond acceptors (Lipinski definition) is 4. The lowest BCUT2D eigenvalue weighted by Gasteiger charge is -2.31. The summed E-state index contributed by atoms with van der Waals surface area (Å²) in [7, 11) is 0. The summed E-state index contributed by atoms with van der Waals surface area (Å²) in [6, 6.07) is 0. The summed E-state index contributed by atoms with van der Waals surface area (Å²) < 4.78 is 5.69. The predicted molar refractivity (Wildman–Crippen MR) is 75.2 cm³/mol. The number of carbonyl (C=O) groups is 1. The van der Waals surface area contributed by atoms with Crippen LogP contribution in [0.4, 0.5) is 0 Å². The number of hydrogen-bond donors (Lipinski definition) is 1. The molecular formula is C15H14O3S. The topological polar surface area (TPSA) is 46.5 Å². The third-order valence-electron chi connectivity index (χ3n) is 2.95. The summed E-state index contributed by atoms with van der Waals surface area (Å²) >= 11 is 1.49. The number of rotatable bonds is 3. The average molecular weight is 274 g/mol. The van der Waals surface area contributed by atoms with Crippen molar-refractivity contribution in [1.82, 2.24) is 0 Å². The van der Waals surface area contributed by atoms with Crippen LogP contribution in [0.5, 0.6) is 0 Å². The van der Waals surface area contributed by atoms with Gasteiger partial charge in [-0.15, -0.1) is 11.8 Å². The Kier molecular flexibility index (Phi) is 4.50. The highest BCUT2D eigenvalue weighted by Gasteiger charge is 2.43. The number of carbonyl (C=O) groups excluding carboxylic acids is 1. The molecular weight excluding hydrogens is 260 g/mol. The normalized spacial score (nSPS) is 30.3. The van der Waals surface area contributed by atoms with E-state index in [0.29, 0.717) is 24.4 Å². The van der Waals surface area contributed by atoms with E-state index in [2.05, 4.69) is 23.7 Å². The molecule has 2 rings (SSSR count). The van der Waals surface area contributed by atoms with Crippen molar-refractivity contribution >= 4 is 17.5 Å². The average Bonchev–Trinajstić information content (AvgIpc) is 2.41. The first-order valence-corrected chi connectivity index (χ1v) is 7.33. The highest BCUT2D eigenvalue weighted by atomic mass is 32.2. The van der Waals surface area contributed by atoms with Crippen LogP contribution in [0.1, 0.15) is 12.8 Å². The van der Waals surface area contributed by atoms with Gasteiger partial charge >= 0.3 is 0 Å². The van der Waals surface area contributed by atoms with Crippen molar-refractivity contribution < 1.29 is 14.6 Å². The molecule has 0 aromatic carbocycles. The van der Waals surface area contributed by atoms with Gasteiger partial charge in [0.15, 0.2) is 5.60 Å². The van der Waals surface area contributed by atoms with Gasteiger partial charge in [0.1, 0.15) is 6.10 Å². The minimum absolute atomic E-state index is 0.266. The Hall–Kier alpha value is -1.46. The molecule has 2 unspecified atom stereocenters. The lowest BCUT2D eigenvalue weighted by molar-refractivity contribution is -0.133.